The molecule has 10 heteroatoms. The number of rotatable bonds is 9. The molecule has 1 heterocycles. The minimum atomic E-state index is -3.78. The number of aryl methyl sites for hydroxylation is 2. The highest BCUT2D eigenvalue weighted by molar-refractivity contribution is 7.89. The van der Waals surface area contributed by atoms with Gasteiger partial charge in [0.2, 0.25) is 10.0 Å². The van der Waals surface area contributed by atoms with Gasteiger partial charge in [0.05, 0.1) is 22.2 Å². The Morgan fingerprint density at radius 3 is 2.31 bits per heavy atom. The molecule has 0 aliphatic rings. The minimum absolute atomic E-state index is 0.0477. The summed E-state index contributed by atoms with van der Waals surface area (Å²) in [6.45, 7) is 11.3. The lowest BCUT2D eigenvalue weighted by atomic mass is 10.1. The first kappa shape index (κ1) is 26.3. The van der Waals surface area contributed by atoms with Gasteiger partial charge in [-0.15, -0.1) is 13.2 Å². The molecule has 0 aliphatic carbocycles. The van der Waals surface area contributed by atoms with Gasteiger partial charge in [0.25, 0.3) is 5.91 Å². The number of methoxy groups -OCH3 is 1. The van der Waals surface area contributed by atoms with Crippen molar-refractivity contribution in [2.75, 3.05) is 20.2 Å². The summed E-state index contributed by atoms with van der Waals surface area (Å²) in [7, 11) is -2.48. The van der Waals surface area contributed by atoms with Crippen molar-refractivity contribution in [2.45, 2.75) is 25.3 Å². The fourth-order valence-corrected chi connectivity index (χ4v) is 6.03. The molecule has 1 aromatic heterocycles. The third kappa shape index (κ3) is 5.67. The summed E-state index contributed by atoms with van der Waals surface area (Å²) in [5, 5.41) is 0. The number of esters is 1. The second-order valence-corrected chi connectivity index (χ2v) is 10.7. The van der Waals surface area contributed by atoms with Crippen LogP contribution in [0.3, 0.4) is 0 Å². The largest absolute Gasteiger partial charge is 0.468 e. The third-order valence-electron chi connectivity index (χ3n) is 5.23. The zero-order valence-corrected chi connectivity index (χ0v) is 21.5. The predicted molar refractivity (Wildman–Crippen MR) is 137 cm³/mol. The van der Waals surface area contributed by atoms with Gasteiger partial charge >= 0.3 is 5.97 Å². The van der Waals surface area contributed by atoms with Crippen LogP contribution in [0, 0.1) is 13.8 Å². The maximum absolute atomic E-state index is 13.0. The summed E-state index contributed by atoms with van der Waals surface area (Å²) in [6.07, 6.45) is 2.99. The van der Waals surface area contributed by atoms with E-state index in [1.807, 2.05) is 26.0 Å². The summed E-state index contributed by atoms with van der Waals surface area (Å²) < 4.78 is 34.4. The Labute approximate surface area is 208 Å². The Hall–Kier alpha value is -3.34. The highest BCUT2D eigenvalue weighted by atomic mass is 32.2. The van der Waals surface area contributed by atoms with Crippen molar-refractivity contribution >= 4 is 43.5 Å². The van der Waals surface area contributed by atoms with Crippen molar-refractivity contribution in [2.24, 2.45) is 4.99 Å². The molecule has 2 aromatic carbocycles. The lowest BCUT2D eigenvalue weighted by Gasteiger charge is -2.19. The summed E-state index contributed by atoms with van der Waals surface area (Å²) in [4.78, 5) is 29.7. The third-order valence-corrected chi connectivity index (χ3v) is 8.31. The van der Waals surface area contributed by atoms with Crippen molar-refractivity contribution in [3.05, 3.63) is 83.2 Å². The summed E-state index contributed by atoms with van der Waals surface area (Å²) in [5.41, 5.74) is 3.03. The van der Waals surface area contributed by atoms with Crippen LogP contribution in [0.1, 0.15) is 21.5 Å². The number of hydrogen-bond donors (Lipinski definition) is 0. The Balaban J connectivity index is 2.03. The maximum atomic E-state index is 13.0. The van der Waals surface area contributed by atoms with Gasteiger partial charge in [-0.05, 0) is 55.3 Å². The molecule has 1 amide bonds. The van der Waals surface area contributed by atoms with Gasteiger partial charge in [-0.3, -0.25) is 9.59 Å². The second kappa shape index (κ2) is 10.9. The molecular weight excluding hydrogens is 486 g/mol. The molecule has 3 aromatic rings. The van der Waals surface area contributed by atoms with Crippen molar-refractivity contribution < 1.29 is 22.7 Å². The van der Waals surface area contributed by atoms with Crippen LogP contribution in [0.25, 0.3) is 10.2 Å². The smallest absolute Gasteiger partial charge is 0.325 e. The molecule has 0 saturated carbocycles. The molecule has 3 rings (SSSR count). The topological polar surface area (TPSA) is 98.0 Å². The van der Waals surface area contributed by atoms with Gasteiger partial charge in [0.15, 0.2) is 4.80 Å². The molecule has 0 radical (unpaired) electrons. The number of amides is 1. The van der Waals surface area contributed by atoms with E-state index in [9.17, 15) is 18.0 Å². The summed E-state index contributed by atoms with van der Waals surface area (Å²) in [6, 6.07) is 9.55. The lowest BCUT2D eigenvalue weighted by molar-refractivity contribution is -0.141. The average molecular weight is 514 g/mol. The molecule has 8 nitrogen and oxygen atoms in total. The lowest BCUT2D eigenvalue weighted by Crippen LogP contribution is -2.31. The fourth-order valence-electron chi connectivity index (χ4n) is 3.57. The number of nitrogens with zero attached hydrogens (tertiary/aromatic N) is 3. The molecular formula is C25H27N3O5S2. The van der Waals surface area contributed by atoms with E-state index in [1.165, 1.54) is 59.2 Å². The van der Waals surface area contributed by atoms with Crippen molar-refractivity contribution in [3.8, 4) is 0 Å². The van der Waals surface area contributed by atoms with Crippen LogP contribution >= 0.6 is 11.3 Å². The van der Waals surface area contributed by atoms with E-state index in [4.69, 9.17) is 4.74 Å². The van der Waals surface area contributed by atoms with Crippen LogP contribution < -0.4 is 4.80 Å². The monoisotopic (exact) mass is 513 g/mol. The SMILES string of the molecule is C=CCN(CC=C)S(=O)(=O)c1ccc(C(=O)N=c2sc3c(C)cc(C)cc3n2CC(=O)OC)cc1. The number of carbonyl (C=O) groups is 2. The minimum Gasteiger partial charge on any atom is -0.468 e. The summed E-state index contributed by atoms with van der Waals surface area (Å²) in [5.74, 6) is -1.02. The highest BCUT2D eigenvalue weighted by Gasteiger charge is 2.23. The van der Waals surface area contributed by atoms with Crippen molar-refractivity contribution in [3.63, 3.8) is 0 Å². The van der Waals surface area contributed by atoms with Crippen molar-refractivity contribution in [1.82, 2.24) is 8.87 Å². The Morgan fingerprint density at radius 1 is 1.11 bits per heavy atom. The molecule has 0 bridgehead atoms. The Kier molecular flexibility index (Phi) is 8.21. The number of aromatic nitrogens is 1. The van der Waals surface area contributed by atoms with Gasteiger partial charge in [0.1, 0.15) is 6.54 Å². The van der Waals surface area contributed by atoms with Crippen LogP contribution in [0.5, 0.6) is 0 Å². The number of carbonyl (C=O) groups excluding carboxylic acids is 2. The maximum Gasteiger partial charge on any atom is 0.325 e. The van der Waals surface area contributed by atoms with E-state index < -0.39 is 21.9 Å². The summed E-state index contributed by atoms with van der Waals surface area (Å²) >= 11 is 1.30. The Morgan fingerprint density at radius 2 is 1.74 bits per heavy atom. The number of benzene rings is 2. The molecule has 0 fully saturated rings. The van der Waals surface area contributed by atoms with E-state index in [1.54, 1.807) is 4.57 Å². The Bertz CT molecular complexity index is 1460. The van der Waals surface area contributed by atoms with Gasteiger partial charge in [-0.25, -0.2) is 8.42 Å². The number of hydrogen-bond acceptors (Lipinski definition) is 6. The van der Waals surface area contributed by atoms with Gasteiger partial charge < -0.3 is 9.30 Å². The van der Waals surface area contributed by atoms with Crippen LogP contribution in [-0.2, 0) is 26.1 Å². The van der Waals surface area contributed by atoms with Gasteiger partial charge in [-0.1, -0.05) is 29.6 Å². The molecule has 0 unspecified atom stereocenters. The van der Waals surface area contributed by atoms with E-state index in [0.717, 1.165) is 21.3 Å². The number of fused-ring (bicyclic) bond motifs is 1. The van der Waals surface area contributed by atoms with E-state index >= 15 is 0 Å². The predicted octanol–water partition coefficient (Wildman–Crippen LogP) is 3.60. The molecule has 0 aliphatic heterocycles. The van der Waals surface area contributed by atoms with Gasteiger partial charge in [0, 0.05) is 18.7 Å². The number of ether oxygens (including phenoxy) is 1. The van der Waals surface area contributed by atoms with Crippen LogP contribution in [-0.4, -0.2) is 49.4 Å². The highest BCUT2D eigenvalue weighted by Crippen LogP contribution is 2.24. The molecule has 184 valence electrons. The number of thiazole rings is 1. The molecule has 0 spiro atoms. The molecule has 0 atom stereocenters. The normalized spacial score (nSPS) is 12.2. The first-order valence-corrected chi connectivity index (χ1v) is 13.0. The van der Waals surface area contributed by atoms with E-state index in [2.05, 4.69) is 18.2 Å². The first-order chi connectivity index (χ1) is 16.6. The second-order valence-electron chi connectivity index (χ2n) is 7.82. The first-order valence-electron chi connectivity index (χ1n) is 10.7. The zero-order chi connectivity index (χ0) is 25.8. The molecule has 35 heavy (non-hydrogen) atoms. The standard InChI is InChI=1S/C25H27N3O5S2/c1-6-12-27(13-7-2)35(31,32)20-10-8-19(9-11-20)24(30)26-25-28(16-22(29)33-5)21-15-17(3)14-18(4)23(21)34-25/h6-11,14-15H,1-2,12-13,16H2,3-5H3. The van der Waals surface area contributed by atoms with E-state index in [0.29, 0.717) is 4.80 Å². The van der Waals surface area contributed by atoms with Crippen LogP contribution in [0.4, 0.5) is 0 Å². The fraction of sp³-hybridized carbons (Fsp3) is 0.240. The zero-order valence-electron chi connectivity index (χ0n) is 19.9. The van der Waals surface area contributed by atoms with E-state index in [-0.39, 0.29) is 30.1 Å². The van der Waals surface area contributed by atoms with Crippen LogP contribution in [0.15, 0.2) is 71.6 Å². The van der Waals surface area contributed by atoms with Crippen LogP contribution in [0.2, 0.25) is 0 Å². The average Bonchev–Trinajstić information content (AvgIpc) is 3.15. The quantitative estimate of drug-likeness (QED) is 0.322. The number of sulfonamides is 1. The molecule has 0 N–H and O–H groups in total. The van der Waals surface area contributed by atoms with Crippen molar-refractivity contribution in [1.29, 1.82) is 0 Å². The van der Waals surface area contributed by atoms with Gasteiger partial charge in [-0.2, -0.15) is 9.30 Å². The molecule has 0 saturated heterocycles.